The van der Waals surface area contributed by atoms with Gasteiger partial charge < -0.3 is 10.0 Å². The molecule has 0 aliphatic carbocycles. The molecule has 1 aliphatic heterocycles. The molecule has 0 amide bonds. The van der Waals surface area contributed by atoms with Gasteiger partial charge in [-0.05, 0) is 57.2 Å². The van der Waals surface area contributed by atoms with E-state index in [0.717, 1.165) is 35.9 Å². The first-order chi connectivity index (χ1) is 12.2. The van der Waals surface area contributed by atoms with Crippen LogP contribution in [0.4, 0.5) is 5.13 Å². The molecule has 1 aromatic heterocycles. The van der Waals surface area contributed by atoms with E-state index in [4.69, 9.17) is 0 Å². The van der Waals surface area contributed by atoms with E-state index in [1.165, 1.54) is 17.8 Å². The van der Waals surface area contributed by atoms with Gasteiger partial charge in [0.25, 0.3) is 0 Å². The highest BCUT2D eigenvalue weighted by molar-refractivity contribution is 7.91. The molecule has 142 valence electrons. The molecule has 3 rings (SSSR count). The number of aryl methyl sites for hydroxylation is 1. The van der Waals surface area contributed by atoms with E-state index in [9.17, 15) is 13.5 Å². The Morgan fingerprint density at radius 2 is 1.77 bits per heavy atom. The van der Waals surface area contributed by atoms with Gasteiger partial charge in [-0.25, -0.2) is 13.4 Å². The van der Waals surface area contributed by atoms with Crippen LogP contribution in [-0.4, -0.2) is 31.6 Å². The summed E-state index contributed by atoms with van der Waals surface area (Å²) in [6, 6.07) is 6.44. The van der Waals surface area contributed by atoms with Crippen LogP contribution >= 0.6 is 11.3 Å². The minimum absolute atomic E-state index is 0.182. The van der Waals surface area contributed by atoms with Crippen LogP contribution in [0.3, 0.4) is 0 Å². The standard InChI is InChI=1S/C19H26N2O3S2/c1-4-16-17(20-18(25-16)21-12-6-5-7-13-21)26(23,24)15-10-8-14(9-11-15)19(2,3)22/h8-11,22H,4-7,12-13H2,1-3H3. The van der Waals surface area contributed by atoms with Crippen LogP contribution in [0.15, 0.2) is 34.2 Å². The number of aromatic nitrogens is 1. The fourth-order valence-electron chi connectivity index (χ4n) is 3.13. The van der Waals surface area contributed by atoms with Gasteiger partial charge in [0.15, 0.2) is 10.2 Å². The highest BCUT2D eigenvalue weighted by atomic mass is 32.2. The molecule has 1 aliphatic rings. The predicted octanol–water partition coefficient (Wildman–Crippen LogP) is 3.76. The van der Waals surface area contributed by atoms with Gasteiger partial charge >= 0.3 is 0 Å². The summed E-state index contributed by atoms with van der Waals surface area (Å²) >= 11 is 1.49. The second kappa shape index (κ2) is 7.29. The maximum Gasteiger partial charge on any atom is 0.225 e. The Kier molecular flexibility index (Phi) is 5.42. The lowest BCUT2D eigenvalue weighted by atomic mass is 9.99. The van der Waals surface area contributed by atoms with Crippen LogP contribution in [0.5, 0.6) is 0 Å². The van der Waals surface area contributed by atoms with E-state index in [1.54, 1.807) is 38.1 Å². The summed E-state index contributed by atoms with van der Waals surface area (Å²) in [4.78, 5) is 7.75. The first-order valence-electron chi connectivity index (χ1n) is 9.06. The molecule has 1 fully saturated rings. The highest BCUT2D eigenvalue weighted by Crippen LogP contribution is 2.34. The van der Waals surface area contributed by atoms with Crippen LogP contribution in [-0.2, 0) is 21.9 Å². The summed E-state index contributed by atoms with van der Waals surface area (Å²) in [6.07, 6.45) is 4.12. The van der Waals surface area contributed by atoms with E-state index >= 15 is 0 Å². The number of aliphatic hydroxyl groups is 1. The van der Waals surface area contributed by atoms with Crippen molar-refractivity contribution in [2.75, 3.05) is 18.0 Å². The SMILES string of the molecule is CCc1sc(N2CCCCC2)nc1S(=O)(=O)c1ccc(C(C)(C)O)cc1. The summed E-state index contributed by atoms with van der Waals surface area (Å²) in [6.45, 7) is 7.20. The Morgan fingerprint density at radius 1 is 1.15 bits per heavy atom. The van der Waals surface area contributed by atoms with Gasteiger partial charge in [-0.3, -0.25) is 0 Å². The van der Waals surface area contributed by atoms with Gasteiger partial charge in [-0.2, -0.15) is 0 Å². The Morgan fingerprint density at radius 3 is 2.31 bits per heavy atom. The van der Waals surface area contributed by atoms with E-state index in [-0.39, 0.29) is 9.92 Å². The van der Waals surface area contributed by atoms with Crippen LogP contribution < -0.4 is 4.90 Å². The summed E-state index contributed by atoms with van der Waals surface area (Å²) in [7, 11) is -3.67. The minimum Gasteiger partial charge on any atom is -0.386 e. The summed E-state index contributed by atoms with van der Waals surface area (Å²) < 4.78 is 26.3. The van der Waals surface area contributed by atoms with Crippen molar-refractivity contribution in [2.24, 2.45) is 0 Å². The molecule has 1 aromatic carbocycles. The molecule has 0 spiro atoms. The lowest BCUT2D eigenvalue weighted by molar-refractivity contribution is 0.0785. The Balaban J connectivity index is 1.97. The largest absolute Gasteiger partial charge is 0.386 e. The maximum absolute atomic E-state index is 13.1. The van der Waals surface area contributed by atoms with Crippen molar-refractivity contribution in [3.8, 4) is 0 Å². The van der Waals surface area contributed by atoms with Gasteiger partial charge in [-0.15, -0.1) is 11.3 Å². The number of piperidine rings is 1. The molecule has 0 unspecified atom stereocenters. The van der Waals surface area contributed by atoms with Gasteiger partial charge in [0.1, 0.15) is 0 Å². The maximum atomic E-state index is 13.1. The van der Waals surface area contributed by atoms with Crippen molar-refractivity contribution in [2.45, 2.75) is 62.0 Å². The monoisotopic (exact) mass is 394 g/mol. The molecule has 1 N–H and O–H groups in total. The summed E-state index contributed by atoms with van der Waals surface area (Å²) in [5, 5.41) is 11.1. The number of anilines is 1. The smallest absolute Gasteiger partial charge is 0.225 e. The number of rotatable bonds is 5. The Bertz CT molecular complexity index is 859. The average Bonchev–Trinajstić information content (AvgIpc) is 3.07. The zero-order chi connectivity index (χ0) is 18.9. The molecule has 2 heterocycles. The number of thiazole rings is 1. The molecule has 2 aromatic rings. The third-order valence-corrected chi connectivity index (χ3v) is 7.85. The quantitative estimate of drug-likeness (QED) is 0.836. The second-order valence-corrected chi connectivity index (χ2v) is 10.1. The number of sulfone groups is 1. The number of nitrogens with zero attached hydrogens (tertiary/aromatic N) is 2. The summed E-state index contributed by atoms with van der Waals surface area (Å²) in [5.74, 6) is 0. The zero-order valence-electron chi connectivity index (χ0n) is 15.5. The second-order valence-electron chi connectivity index (χ2n) is 7.21. The molecule has 7 heteroatoms. The normalized spacial score (nSPS) is 16.1. The van der Waals surface area contributed by atoms with Crippen LogP contribution in [0, 0.1) is 0 Å². The molecule has 0 saturated carbocycles. The van der Waals surface area contributed by atoms with E-state index in [0.29, 0.717) is 12.0 Å². The van der Waals surface area contributed by atoms with E-state index < -0.39 is 15.4 Å². The van der Waals surface area contributed by atoms with Crippen molar-refractivity contribution < 1.29 is 13.5 Å². The lowest BCUT2D eigenvalue weighted by Crippen LogP contribution is -2.29. The van der Waals surface area contributed by atoms with Crippen molar-refractivity contribution >= 4 is 26.3 Å². The highest BCUT2D eigenvalue weighted by Gasteiger charge is 2.28. The molecule has 0 atom stereocenters. The zero-order valence-corrected chi connectivity index (χ0v) is 17.2. The Labute approximate surface area is 159 Å². The third-order valence-electron chi connectivity index (χ3n) is 4.72. The van der Waals surface area contributed by atoms with Crippen LogP contribution in [0.2, 0.25) is 0 Å². The van der Waals surface area contributed by atoms with Gasteiger partial charge in [0.2, 0.25) is 9.84 Å². The number of hydrogen-bond donors (Lipinski definition) is 1. The first kappa shape index (κ1) is 19.3. The number of benzene rings is 1. The predicted molar refractivity (Wildman–Crippen MR) is 105 cm³/mol. The molecular weight excluding hydrogens is 368 g/mol. The molecule has 5 nitrogen and oxygen atoms in total. The van der Waals surface area contributed by atoms with E-state index in [2.05, 4.69) is 9.88 Å². The van der Waals surface area contributed by atoms with Crippen molar-refractivity contribution in [3.63, 3.8) is 0 Å². The molecule has 0 radical (unpaired) electrons. The fourth-order valence-corrected chi connectivity index (χ4v) is 5.96. The van der Waals surface area contributed by atoms with Crippen molar-refractivity contribution in [3.05, 3.63) is 34.7 Å². The topological polar surface area (TPSA) is 70.5 Å². The van der Waals surface area contributed by atoms with Gasteiger partial charge in [0, 0.05) is 18.0 Å². The van der Waals surface area contributed by atoms with Crippen LogP contribution in [0.1, 0.15) is 50.5 Å². The van der Waals surface area contributed by atoms with E-state index in [1.807, 2.05) is 6.92 Å². The van der Waals surface area contributed by atoms with Gasteiger partial charge in [-0.1, -0.05) is 19.1 Å². The average molecular weight is 395 g/mol. The molecule has 26 heavy (non-hydrogen) atoms. The van der Waals surface area contributed by atoms with Crippen molar-refractivity contribution in [1.29, 1.82) is 0 Å². The first-order valence-corrected chi connectivity index (χ1v) is 11.4. The number of hydrogen-bond acceptors (Lipinski definition) is 6. The fraction of sp³-hybridized carbons (Fsp3) is 0.526. The van der Waals surface area contributed by atoms with Crippen LogP contribution in [0.25, 0.3) is 0 Å². The van der Waals surface area contributed by atoms with Gasteiger partial charge in [0.05, 0.1) is 10.5 Å². The molecule has 1 saturated heterocycles. The Hall–Kier alpha value is -1.44. The van der Waals surface area contributed by atoms with Crippen molar-refractivity contribution in [1.82, 2.24) is 4.98 Å². The minimum atomic E-state index is -3.67. The lowest BCUT2D eigenvalue weighted by Gasteiger charge is -2.25. The molecule has 0 bridgehead atoms. The third kappa shape index (κ3) is 3.80. The summed E-state index contributed by atoms with van der Waals surface area (Å²) in [5.41, 5.74) is -0.321. The molecular formula is C19H26N2O3S2.